The molecule has 1 aliphatic rings. The number of benzene rings is 2. The maximum Gasteiger partial charge on any atom is 0.350 e. The van der Waals surface area contributed by atoms with Crippen molar-refractivity contribution in [2.24, 2.45) is 0 Å². The van der Waals surface area contributed by atoms with Crippen molar-refractivity contribution in [3.8, 4) is 11.4 Å². The zero-order chi connectivity index (χ0) is 21.1. The highest BCUT2D eigenvalue weighted by molar-refractivity contribution is 5.54. The fourth-order valence-electron chi connectivity index (χ4n) is 3.96. The summed E-state index contributed by atoms with van der Waals surface area (Å²) >= 11 is 0. The van der Waals surface area contributed by atoms with Crippen LogP contribution in [0.1, 0.15) is 19.2 Å². The summed E-state index contributed by atoms with van der Waals surface area (Å²) < 4.78 is 8.47. The molecule has 0 amide bonds. The van der Waals surface area contributed by atoms with Gasteiger partial charge in [0.1, 0.15) is 11.6 Å². The second-order valence-corrected chi connectivity index (χ2v) is 7.58. The molecule has 3 aromatic rings. The number of methoxy groups -OCH3 is 1. The first kappa shape index (κ1) is 20.1. The van der Waals surface area contributed by atoms with Gasteiger partial charge in [0.15, 0.2) is 0 Å². The summed E-state index contributed by atoms with van der Waals surface area (Å²) in [5, 5.41) is 4.43. The van der Waals surface area contributed by atoms with Crippen molar-refractivity contribution in [3.05, 3.63) is 64.8 Å². The molecule has 0 radical (unpaired) electrons. The van der Waals surface area contributed by atoms with Crippen LogP contribution in [0.15, 0.2) is 53.3 Å². The minimum Gasteiger partial charge on any atom is -0.497 e. The SMILES string of the molecule is CCCn1c(C)nn(-c2ccc(N3CCN(c4ccc(OC)cc4)CC3)cc2)c1=O. The van der Waals surface area contributed by atoms with E-state index in [1.54, 1.807) is 11.7 Å². The Hall–Kier alpha value is -3.22. The molecule has 0 aliphatic carbocycles. The van der Waals surface area contributed by atoms with Gasteiger partial charge in [-0.3, -0.25) is 4.57 Å². The molecule has 158 valence electrons. The molecule has 30 heavy (non-hydrogen) atoms. The number of nitrogens with zero attached hydrogens (tertiary/aromatic N) is 5. The lowest BCUT2D eigenvalue weighted by molar-refractivity contribution is 0.415. The van der Waals surface area contributed by atoms with E-state index in [0.29, 0.717) is 6.54 Å². The number of rotatable bonds is 6. The number of anilines is 2. The Morgan fingerprint density at radius 3 is 1.87 bits per heavy atom. The molecule has 1 aliphatic heterocycles. The van der Waals surface area contributed by atoms with E-state index in [0.717, 1.165) is 49.9 Å². The molecule has 0 N–H and O–H groups in total. The molecule has 1 saturated heterocycles. The minimum atomic E-state index is -0.0739. The Kier molecular flexibility index (Phi) is 5.79. The molecule has 2 heterocycles. The van der Waals surface area contributed by atoms with Crippen LogP contribution in [0, 0.1) is 6.92 Å². The molecule has 0 bridgehead atoms. The monoisotopic (exact) mass is 407 g/mol. The molecule has 4 rings (SSSR count). The summed E-state index contributed by atoms with van der Waals surface area (Å²) in [4.78, 5) is 17.4. The highest BCUT2D eigenvalue weighted by atomic mass is 16.5. The van der Waals surface area contributed by atoms with Crippen LogP contribution in [0.25, 0.3) is 5.69 Å². The Morgan fingerprint density at radius 2 is 1.37 bits per heavy atom. The van der Waals surface area contributed by atoms with Crippen LogP contribution in [0.5, 0.6) is 5.75 Å². The van der Waals surface area contributed by atoms with E-state index in [-0.39, 0.29) is 5.69 Å². The Bertz CT molecular complexity index is 1030. The maximum absolute atomic E-state index is 12.6. The van der Waals surface area contributed by atoms with Gasteiger partial charge in [0.25, 0.3) is 0 Å². The number of aryl methyl sites for hydroxylation is 1. The van der Waals surface area contributed by atoms with Crippen molar-refractivity contribution < 1.29 is 4.74 Å². The van der Waals surface area contributed by atoms with Crippen LogP contribution >= 0.6 is 0 Å². The zero-order valence-corrected chi connectivity index (χ0v) is 17.9. The van der Waals surface area contributed by atoms with E-state index >= 15 is 0 Å². The lowest BCUT2D eigenvalue weighted by Gasteiger charge is -2.37. The van der Waals surface area contributed by atoms with Crippen LogP contribution in [-0.4, -0.2) is 47.6 Å². The van der Waals surface area contributed by atoms with Crippen molar-refractivity contribution in [2.45, 2.75) is 26.8 Å². The fraction of sp³-hybridized carbons (Fsp3) is 0.391. The molecule has 0 unspecified atom stereocenters. The second-order valence-electron chi connectivity index (χ2n) is 7.58. The van der Waals surface area contributed by atoms with Gasteiger partial charge in [-0.2, -0.15) is 9.78 Å². The van der Waals surface area contributed by atoms with Crippen molar-refractivity contribution in [3.63, 3.8) is 0 Å². The predicted molar refractivity (Wildman–Crippen MR) is 120 cm³/mol. The number of ether oxygens (including phenoxy) is 1. The van der Waals surface area contributed by atoms with E-state index in [2.05, 4.69) is 46.1 Å². The molecule has 2 aromatic carbocycles. The van der Waals surface area contributed by atoms with Crippen LogP contribution in [0.3, 0.4) is 0 Å². The average Bonchev–Trinajstić information content (AvgIpc) is 3.08. The van der Waals surface area contributed by atoms with Gasteiger partial charge in [-0.1, -0.05) is 6.92 Å². The third-order valence-corrected chi connectivity index (χ3v) is 5.67. The Balaban J connectivity index is 1.43. The first-order valence-corrected chi connectivity index (χ1v) is 10.5. The Labute approximate surface area is 177 Å². The van der Waals surface area contributed by atoms with Gasteiger partial charge in [0, 0.05) is 44.1 Å². The molecule has 7 nitrogen and oxygen atoms in total. The smallest absolute Gasteiger partial charge is 0.350 e. The molecule has 0 spiro atoms. The van der Waals surface area contributed by atoms with Crippen LogP contribution < -0.4 is 20.2 Å². The van der Waals surface area contributed by atoms with Crippen molar-refractivity contribution in [1.82, 2.24) is 14.3 Å². The molecule has 0 saturated carbocycles. The molecular weight excluding hydrogens is 378 g/mol. The van der Waals surface area contributed by atoms with E-state index < -0.39 is 0 Å². The maximum atomic E-state index is 12.6. The molecule has 1 fully saturated rings. The highest BCUT2D eigenvalue weighted by Gasteiger charge is 2.18. The second kappa shape index (κ2) is 8.65. The minimum absolute atomic E-state index is 0.0739. The standard InChI is InChI=1S/C23H29N5O2/c1-4-13-27-18(2)24-28(23(27)29)21-7-5-19(6-8-21)25-14-16-26(17-15-25)20-9-11-22(30-3)12-10-20/h5-12H,4,13-17H2,1-3H3. The number of piperazine rings is 1. The van der Waals surface area contributed by atoms with Gasteiger partial charge in [0.05, 0.1) is 12.8 Å². The number of hydrogen-bond acceptors (Lipinski definition) is 5. The summed E-state index contributed by atoms with van der Waals surface area (Å²) in [6, 6.07) is 16.4. The van der Waals surface area contributed by atoms with Gasteiger partial charge >= 0.3 is 5.69 Å². The normalized spacial score (nSPS) is 14.2. The van der Waals surface area contributed by atoms with Crippen molar-refractivity contribution >= 4 is 11.4 Å². The summed E-state index contributed by atoms with van der Waals surface area (Å²) in [5.41, 5.74) is 3.13. The summed E-state index contributed by atoms with van der Waals surface area (Å²) in [5.74, 6) is 1.63. The topological polar surface area (TPSA) is 55.5 Å². The van der Waals surface area contributed by atoms with E-state index in [9.17, 15) is 4.79 Å². The third-order valence-electron chi connectivity index (χ3n) is 5.67. The molecule has 7 heteroatoms. The van der Waals surface area contributed by atoms with Crippen molar-refractivity contribution in [1.29, 1.82) is 0 Å². The van der Waals surface area contributed by atoms with Gasteiger partial charge in [-0.15, -0.1) is 0 Å². The van der Waals surface area contributed by atoms with E-state index in [1.807, 2.05) is 31.2 Å². The summed E-state index contributed by atoms with van der Waals surface area (Å²) in [7, 11) is 1.69. The fourth-order valence-corrected chi connectivity index (χ4v) is 3.96. The average molecular weight is 408 g/mol. The Morgan fingerprint density at radius 1 is 0.867 bits per heavy atom. The largest absolute Gasteiger partial charge is 0.497 e. The molecule has 1 aromatic heterocycles. The zero-order valence-electron chi connectivity index (χ0n) is 17.9. The summed E-state index contributed by atoms with van der Waals surface area (Å²) in [6.07, 6.45) is 0.911. The third kappa shape index (κ3) is 3.92. The van der Waals surface area contributed by atoms with Crippen LogP contribution in [0.4, 0.5) is 11.4 Å². The van der Waals surface area contributed by atoms with Gasteiger partial charge in [0.2, 0.25) is 0 Å². The lowest BCUT2D eigenvalue weighted by Crippen LogP contribution is -2.46. The predicted octanol–water partition coefficient (Wildman–Crippen LogP) is 3.09. The first-order valence-electron chi connectivity index (χ1n) is 10.5. The van der Waals surface area contributed by atoms with Crippen molar-refractivity contribution in [2.75, 3.05) is 43.1 Å². The lowest BCUT2D eigenvalue weighted by atomic mass is 10.2. The summed E-state index contributed by atoms with van der Waals surface area (Å²) in [6.45, 7) is 8.48. The quantitative estimate of drug-likeness (QED) is 0.629. The highest BCUT2D eigenvalue weighted by Crippen LogP contribution is 2.23. The van der Waals surface area contributed by atoms with Gasteiger partial charge < -0.3 is 14.5 Å². The van der Waals surface area contributed by atoms with E-state index in [4.69, 9.17) is 4.74 Å². The van der Waals surface area contributed by atoms with E-state index in [1.165, 1.54) is 16.1 Å². The molecule has 0 atom stereocenters. The van der Waals surface area contributed by atoms with Gasteiger partial charge in [-0.05, 0) is 61.9 Å². The van der Waals surface area contributed by atoms with Crippen LogP contribution in [-0.2, 0) is 6.54 Å². The molecular formula is C23H29N5O2. The van der Waals surface area contributed by atoms with Gasteiger partial charge in [-0.25, -0.2) is 4.79 Å². The first-order chi connectivity index (χ1) is 14.6. The van der Waals surface area contributed by atoms with Crippen LogP contribution in [0.2, 0.25) is 0 Å². The number of hydrogen-bond donors (Lipinski definition) is 0. The number of aromatic nitrogens is 3.